The third-order valence-corrected chi connectivity index (χ3v) is 6.01. The standard InChI is InChI=1S/C28H28BrNO5/c1-28(2,3)34-27(32)23-24(18-14-16-20(29)17-15-18)30(21-12-8-9-13-22(21)33-4)35-26(25(23)31)19-10-6-5-7-11-19/h5-17,24,26,31H,1-4H3/t24-,26+/m0/s1. The molecule has 0 bridgehead atoms. The van der Waals surface area contributed by atoms with Crippen molar-refractivity contribution < 1.29 is 24.2 Å². The van der Waals surface area contributed by atoms with Gasteiger partial charge in [-0.25, -0.2) is 9.86 Å². The molecule has 1 heterocycles. The minimum atomic E-state index is -0.921. The molecule has 6 nitrogen and oxygen atoms in total. The highest BCUT2D eigenvalue weighted by molar-refractivity contribution is 9.10. The largest absolute Gasteiger partial charge is 0.508 e. The summed E-state index contributed by atoms with van der Waals surface area (Å²) in [4.78, 5) is 20.1. The maximum atomic E-state index is 13.6. The highest BCUT2D eigenvalue weighted by Crippen LogP contribution is 2.47. The van der Waals surface area contributed by atoms with Crippen molar-refractivity contribution in [3.8, 4) is 5.75 Å². The van der Waals surface area contributed by atoms with Gasteiger partial charge in [-0.15, -0.1) is 0 Å². The van der Waals surface area contributed by atoms with Crippen LogP contribution >= 0.6 is 15.9 Å². The maximum absolute atomic E-state index is 13.6. The Balaban J connectivity index is 1.97. The molecule has 0 spiro atoms. The van der Waals surface area contributed by atoms with Gasteiger partial charge in [-0.1, -0.05) is 70.5 Å². The number of para-hydroxylation sites is 2. The number of nitrogens with zero attached hydrogens (tertiary/aromatic N) is 1. The van der Waals surface area contributed by atoms with E-state index < -0.39 is 23.7 Å². The van der Waals surface area contributed by atoms with E-state index in [-0.39, 0.29) is 11.3 Å². The summed E-state index contributed by atoms with van der Waals surface area (Å²) in [6.45, 7) is 5.38. The molecule has 0 saturated carbocycles. The molecule has 35 heavy (non-hydrogen) atoms. The third kappa shape index (κ3) is 5.36. The molecule has 2 atom stereocenters. The summed E-state index contributed by atoms with van der Waals surface area (Å²) in [6, 6.07) is 23.4. The Morgan fingerprint density at radius 2 is 1.57 bits per heavy atom. The molecule has 0 radical (unpaired) electrons. The first-order valence-electron chi connectivity index (χ1n) is 11.3. The van der Waals surface area contributed by atoms with Crippen LogP contribution < -0.4 is 9.80 Å². The summed E-state index contributed by atoms with van der Waals surface area (Å²) < 4.78 is 12.3. The lowest BCUT2D eigenvalue weighted by atomic mass is 9.92. The molecule has 1 aliphatic rings. The second-order valence-corrected chi connectivity index (χ2v) is 10.1. The summed E-state index contributed by atoms with van der Waals surface area (Å²) in [6.07, 6.45) is -0.921. The normalized spacial score (nSPS) is 18.4. The van der Waals surface area contributed by atoms with Crippen LogP contribution in [0, 0.1) is 0 Å². The van der Waals surface area contributed by atoms with Gasteiger partial charge in [-0.3, -0.25) is 4.84 Å². The lowest BCUT2D eigenvalue weighted by Gasteiger charge is -2.41. The fourth-order valence-corrected chi connectivity index (χ4v) is 4.24. The minimum absolute atomic E-state index is 0.105. The zero-order chi connectivity index (χ0) is 25.2. The molecule has 0 saturated heterocycles. The molecule has 1 aliphatic heterocycles. The van der Waals surface area contributed by atoms with Crippen molar-refractivity contribution in [2.45, 2.75) is 38.5 Å². The molecule has 182 valence electrons. The second-order valence-electron chi connectivity index (χ2n) is 9.15. The van der Waals surface area contributed by atoms with E-state index in [1.54, 1.807) is 32.9 Å². The zero-order valence-corrected chi connectivity index (χ0v) is 21.7. The first-order chi connectivity index (χ1) is 16.7. The van der Waals surface area contributed by atoms with Gasteiger partial charge in [0.2, 0.25) is 0 Å². The first-order valence-corrected chi connectivity index (χ1v) is 12.0. The van der Waals surface area contributed by atoms with Crippen LogP contribution in [0.4, 0.5) is 5.69 Å². The Bertz CT molecular complexity index is 1220. The molecule has 0 aliphatic carbocycles. The second kappa shape index (κ2) is 10.1. The van der Waals surface area contributed by atoms with Gasteiger partial charge < -0.3 is 14.6 Å². The van der Waals surface area contributed by atoms with Crippen molar-refractivity contribution in [2.75, 3.05) is 12.2 Å². The molecular weight excluding hydrogens is 510 g/mol. The summed E-state index contributed by atoms with van der Waals surface area (Å²) in [7, 11) is 1.58. The molecule has 1 N–H and O–H groups in total. The van der Waals surface area contributed by atoms with Gasteiger partial charge in [-0.2, -0.15) is 0 Å². The van der Waals surface area contributed by atoms with Crippen molar-refractivity contribution >= 4 is 27.6 Å². The molecule has 3 aromatic rings. The Kier molecular flexibility index (Phi) is 7.19. The van der Waals surface area contributed by atoms with E-state index in [2.05, 4.69) is 15.9 Å². The summed E-state index contributed by atoms with van der Waals surface area (Å²) in [5.74, 6) is -0.247. The van der Waals surface area contributed by atoms with Crippen molar-refractivity contribution in [3.63, 3.8) is 0 Å². The van der Waals surface area contributed by atoms with E-state index in [0.717, 1.165) is 10.0 Å². The lowest BCUT2D eigenvalue weighted by molar-refractivity contribution is -0.152. The molecule has 0 fully saturated rings. The Hall–Kier alpha value is -3.29. The fourth-order valence-electron chi connectivity index (χ4n) is 3.97. The summed E-state index contributed by atoms with van der Waals surface area (Å²) >= 11 is 3.47. The molecule has 0 aromatic heterocycles. The average molecular weight is 538 g/mol. The minimum Gasteiger partial charge on any atom is -0.508 e. The van der Waals surface area contributed by atoms with Gasteiger partial charge in [0.05, 0.1) is 7.11 Å². The number of anilines is 1. The highest BCUT2D eigenvalue weighted by Gasteiger charge is 2.44. The van der Waals surface area contributed by atoms with Crippen LogP contribution in [0.15, 0.2) is 94.7 Å². The molecule has 3 aromatic carbocycles. The number of hydrogen-bond acceptors (Lipinski definition) is 6. The SMILES string of the molecule is COc1ccccc1N1O[C@H](c2ccccc2)C(O)=C(C(=O)OC(C)(C)C)[C@@H]1c1ccc(Br)cc1. The number of hydroxylamine groups is 1. The van der Waals surface area contributed by atoms with Crippen molar-refractivity contribution in [1.82, 2.24) is 0 Å². The number of esters is 1. The number of benzene rings is 3. The van der Waals surface area contributed by atoms with Gasteiger partial charge in [0.15, 0.2) is 6.10 Å². The van der Waals surface area contributed by atoms with E-state index in [0.29, 0.717) is 17.0 Å². The number of carbonyl (C=O) groups is 1. The highest BCUT2D eigenvalue weighted by atomic mass is 79.9. The van der Waals surface area contributed by atoms with Gasteiger partial charge >= 0.3 is 5.97 Å². The Morgan fingerprint density at radius 1 is 0.943 bits per heavy atom. The monoisotopic (exact) mass is 537 g/mol. The van der Waals surface area contributed by atoms with Gasteiger partial charge in [0.25, 0.3) is 0 Å². The Labute approximate surface area is 213 Å². The number of rotatable bonds is 5. The van der Waals surface area contributed by atoms with E-state index in [1.165, 1.54) is 0 Å². The third-order valence-electron chi connectivity index (χ3n) is 5.48. The lowest BCUT2D eigenvalue weighted by Crippen LogP contribution is -2.41. The van der Waals surface area contributed by atoms with Crippen molar-refractivity contribution in [3.05, 3.63) is 106 Å². The predicted molar refractivity (Wildman–Crippen MR) is 138 cm³/mol. The maximum Gasteiger partial charge on any atom is 0.340 e. The number of halogens is 1. The molecular formula is C28H28BrNO5. The summed E-state index contributed by atoms with van der Waals surface area (Å²) in [5, 5.41) is 13.1. The van der Waals surface area contributed by atoms with E-state index in [9.17, 15) is 9.90 Å². The van der Waals surface area contributed by atoms with E-state index in [1.807, 2.05) is 78.9 Å². The van der Waals surface area contributed by atoms with Crippen LogP contribution in [0.1, 0.15) is 44.0 Å². The summed E-state index contributed by atoms with van der Waals surface area (Å²) in [5.41, 5.74) is 1.38. The fraction of sp³-hybridized carbons (Fsp3) is 0.250. The number of carbonyl (C=O) groups excluding carboxylic acids is 1. The van der Waals surface area contributed by atoms with Crippen LogP contribution in [0.3, 0.4) is 0 Å². The van der Waals surface area contributed by atoms with Crippen LogP contribution in [0.5, 0.6) is 5.75 Å². The van der Waals surface area contributed by atoms with E-state index in [4.69, 9.17) is 14.3 Å². The predicted octanol–water partition coefficient (Wildman–Crippen LogP) is 6.85. The van der Waals surface area contributed by atoms with Crippen LogP contribution in [0.25, 0.3) is 0 Å². The van der Waals surface area contributed by atoms with Crippen molar-refractivity contribution in [1.29, 1.82) is 0 Å². The smallest absolute Gasteiger partial charge is 0.340 e. The molecule has 0 unspecified atom stereocenters. The number of hydrogen-bond donors (Lipinski definition) is 1. The first kappa shape index (κ1) is 24.8. The quantitative estimate of drug-likeness (QED) is 0.359. The number of methoxy groups -OCH3 is 1. The number of aliphatic hydroxyl groups excluding tert-OH is 1. The average Bonchev–Trinajstić information content (AvgIpc) is 2.83. The van der Waals surface area contributed by atoms with Crippen molar-refractivity contribution in [2.24, 2.45) is 0 Å². The zero-order valence-electron chi connectivity index (χ0n) is 20.1. The van der Waals surface area contributed by atoms with E-state index >= 15 is 0 Å². The van der Waals surface area contributed by atoms with Crippen LogP contribution in [0.2, 0.25) is 0 Å². The van der Waals surface area contributed by atoms with Gasteiger partial charge in [0.1, 0.15) is 34.4 Å². The topological polar surface area (TPSA) is 68.2 Å². The van der Waals surface area contributed by atoms with Gasteiger partial charge in [0, 0.05) is 4.47 Å². The molecule has 4 rings (SSSR count). The molecule has 7 heteroatoms. The number of ether oxygens (including phenoxy) is 2. The van der Waals surface area contributed by atoms with Gasteiger partial charge in [-0.05, 0) is 56.2 Å². The molecule has 0 amide bonds. The van der Waals surface area contributed by atoms with Crippen LogP contribution in [-0.4, -0.2) is 23.8 Å². The Morgan fingerprint density at radius 3 is 2.20 bits per heavy atom. The van der Waals surface area contributed by atoms with Crippen LogP contribution in [-0.2, 0) is 14.4 Å². The number of aliphatic hydroxyl groups is 1.